The van der Waals surface area contributed by atoms with Gasteiger partial charge in [-0.3, -0.25) is 0 Å². The van der Waals surface area contributed by atoms with Crippen molar-refractivity contribution in [3.63, 3.8) is 0 Å². The number of hydrogen-bond donors (Lipinski definition) is 0. The zero-order chi connectivity index (χ0) is 19.4. The van der Waals surface area contributed by atoms with E-state index in [1.54, 1.807) is 40.3 Å². The lowest BCUT2D eigenvalue weighted by Gasteiger charge is -2.14. The zero-order valence-electron chi connectivity index (χ0n) is 16.1. The number of methoxy groups -OCH3 is 4. The molecule has 0 bridgehead atoms. The number of rotatable bonds is 7. The van der Waals surface area contributed by atoms with Crippen molar-refractivity contribution < 1.29 is 23.8 Å². The molecule has 6 nitrogen and oxygen atoms in total. The summed E-state index contributed by atoms with van der Waals surface area (Å²) in [7, 11) is 8.07. The molecule has 0 aliphatic heterocycles. The summed E-state index contributed by atoms with van der Waals surface area (Å²) in [6, 6.07) is 11.7. The first-order valence-corrected chi connectivity index (χ1v) is 8.36. The summed E-state index contributed by atoms with van der Waals surface area (Å²) >= 11 is 0. The summed E-state index contributed by atoms with van der Waals surface area (Å²) in [5, 5.41) is 0. The topological polar surface area (TPSA) is 51.1 Å². The molecular formula is C21H23NO5. The van der Waals surface area contributed by atoms with E-state index in [2.05, 4.69) is 0 Å². The van der Waals surface area contributed by atoms with E-state index in [0.717, 1.165) is 28.0 Å². The summed E-state index contributed by atoms with van der Waals surface area (Å²) in [5.74, 6) is 2.55. The molecule has 0 radical (unpaired) electrons. The maximum Gasteiger partial charge on any atom is 0.203 e. The van der Waals surface area contributed by atoms with Gasteiger partial charge in [-0.25, -0.2) is 0 Å². The Kier molecular flexibility index (Phi) is 5.45. The summed E-state index contributed by atoms with van der Waals surface area (Å²) in [6.07, 6.45) is 3.85. The first-order chi connectivity index (χ1) is 13.1. The van der Waals surface area contributed by atoms with Gasteiger partial charge in [-0.1, -0.05) is 12.1 Å². The maximum atomic E-state index is 5.49. The lowest BCUT2D eigenvalue weighted by Crippen LogP contribution is -2.00. The summed E-state index contributed by atoms with van der Waals surface area (Å²) in [6.45, 7) is 0. The summed E-state index contributed by atoms with van der Waals surface area (Å²) < 4.78 is 23.3. The first kappa shape index (κ1) is 18.5. The van der Waals surface area contributed by atoms with Crippen LogP contribution in [0, 0.1) is 0 Å². The van der Waals surface area contributed by atoms with Crippen LogP contribution in [0.15, 0.2) is 48.8 Å². The van der Waals surface area contributed by atoms with Gasteiger partial charge in [0.25, 0.3) is 0 Å². The molecule has 0 saturated heterocycles. The van der Waals surface area contributed by atoms with Crippen LogP contribution < -0.4 is 23.8 Å². The Bertz CT molecular complexity index is 890. The highest BCUT2D eigenvalue weighted by Crippen LogP contribution is 2.43. The van der Waals surface area contributed by atoms with Gasteiger partial charge < -0.3 is 23.8 Å². The van der Waals surface area contributed by atoms with Crippen LogP contribution in [0.4, 0.5) is 0 Å². The van der Waals surface area contributed by atoms with E-state index in [9.17, 15) is 0 Å². The van der Waals surface area contributed by atoms with Crippen molar-refractivity contribution in [3.05, 3.63) is 48.8 Å². The van der Waals surface area contributed by atoms with Crippen molar-refractivity contribution >= 4 is 0 Å². The normalized spacial score (nSPS) is 10.4. The molecule has 2 aromatic carbocycles. The molecule has 3 rings (SSSR count). The molecule has 0 aliphatic carbocycles. The Hall–Kier alpha value is -3.28. The molecule has 0 saturated carbocycles. The van der Waals surface area contributed by atoms with E-state index >= 15 is 0 Å². The number of ether oxygens (including phenoxy) is 4. The molecule has 0 aliphatic rings. The van der Waals surface area contributed by atoms with E-state index in [1.807, 2.05) is 48.8 Å². The molecule has 1 aromatic heterocycles. The Morgan fingerprint density at radius 1 is 0.630 bits per heavy atom. The fourth-order valence-electron chi connectivity index (χ4n) is 3.00. The van der Waals surface area contributed by atoms with Gasteiger partial charge in [0.05, 0.1) is 40.8 Å². The molecule has 0 amide bonds. The predicted octanol–water partition coefficient (Wildman–Crippen LogP) is 3.91. The lowest BCUT2D eigenvalue weighted by molar-refractivity contribution is 0.168. The molecule has 0 N–H and O–H groups in total. The monoisotopic (exact) mass is 369 g/mol. The van der Waals surface area contributed by atoms with Gasteiger partial charge in [0.15, 0.2) is 11.5 Å². The number of nitrogens with zero attached hydrogens (tertiary/aromatic N) is 1. The molecule has 0 spiro atoms. The van der Waals surface area contributed by atoms with Crippen LogP contribution in [0.3, 0.4) is 0 Å². The van der Waals surface area contributed by atoms with Gasteiger partial charge >= 0.3 is 0 Å². The molecular weight excluding hydrogens is 346 g/mol. The third-order valence-electron chi connectivity index (χ3n) is 4.39. The third-order valence-corrected chi connectivity index (χ3v) is 4.39. The van der Waals surface area contributed by atoms with Crippen LogP contribution in [0.25, 0.3) is 22.3 Å². The molecule has 0 atom stereocenters. The molecule has 27 heavy (non-hydrogen) atoms. The Labute approximate surface area is 158 Å². The van der Waals surface area contributed by atoms with E-state index in [0.29, 0.717) is 17.2 Å². The second kappa shape index (κ2) is 7.95. The van der Waals surface area contributed by atoms with Crippen LogP contribution in [-0.2, 0) is 0 Å². The first-order valence-electron chi connectivity index (χ1n) is 8.36. The molecule has 1 heterocycles. The van der Waals surface area contributed by atoms with Gasteiger partial charge in [-0.15, -0.1) is 0 Å². The summed E-state index contributed by atoms with van der Waals surface area (Å²) in [4.78, 5) is 5.39. The minimum Gasteiger partial charge on any atom is -0.497 e. The SMILES string of the molecule is COc1ccc(-c2cn(OC)cc2-c2cc(OC)c(OC)c(OC)c2)cc1. The highest BCUT2D eigenvalue weighted by molar-refractivity contribution is 5.85. The lowest BCUT2D eigenvalue weighted by atomic mass is 9.98. The standard InChI is InChI=1S/C21H23NO5/c1-23-16-8-6-14(7-9-16)17-12-22(27-5)13-18(17)15-10-19(24-2)21(26-4)20(11-15)25-3/h6-13H,1-5H3. The third kappa shape index (κ3) is 3.51. The molecule has 142 valence electrons. The number of benzene rings is 2. The second-order valence-electron chi connectivity index (χ2n) is 5.77. The molecule has 0 unspecified atom stereocenters. The predicted molar refractivity (Wildman–Crippen MR) is 104 cm³/mol. The van der Waals surface area contributed by atoms with E-state index in [4.69, 9.17) is 23.8 Å². The number of aromatic nitrogens is 1. The molecule has 6 heteroatoms. The van der Waals surface area contributed by atoms with Crippen molar-refractivity contribution in [3.8, 4) is 45.3 Å². The van der Waals surface area contributed by atoms with E-state index in [-0.39, 0.29) is 0 Å². The van der Waals surface area contributed by atoms with Crippen molar-refractivity contribution in [2.24, 2.45) is 0 Å². The van der Waals surface area contributed by atoms with Gasteiger partial charge in [0, 0.05) is 11.1 Å². The smallest absolute Gasteiger partial charge is 0.203 e. The highest BCUT2D eigenvalue weighted by Gasteiger charge is 2.18. The van der Waals surface area contributed by atoms with Crippen molar-refractivity contribution in [2.75, 3.05) is 35.5 Å². The van der Waals surface area contributed by atoms with Crippen LogP contribution in [0.2, 0.25) is 0 Å². The second-order valence-corrected chi connectivity index (χ2v) is 5.77. The average molecular weight is 369 g/mol. The minimum absolute atomic E-state index is 0.556. The average Bonchev–Trinajstić information content (AvgIpc) is 3.17. The van der Waals surface area contributed by atoms with Gasteiger partial charge in [-0.05, 0) is 35.4 Å². The van der Waals surface area contributed by atoms with Crippen LogP contribution in [0.5, 0.6) is 23.0 Å². The van der Waals surface area contributed by atoms with Crippen LogP contribution >= 0.6 is 0 Å². The van der Waals surface area contributed by atoms with Crippen molar-refractivity contribution in [1.82, 2.24) is 4.73 Å². The van der Waals surface area contributed by atoms with E-state index < -0.39 is 0 Å². The van der Waals surface area contributed by atoms with Crippen molar-refractivity contribution in [2.45, 2.75) is 0 Å². The van der Waals surface area contributed by atoms with Gasteiger partial charge in [-0.2, -0.15) is 4.73 Å². The Morgan fingerprint density at radius 2 is 1.19 bits per heavy atom. The quantitative estimate of drug-likeness (QED) is 0.632. The highest BCUT2D eigenvalue weighted by atomic mass is 16.6. The van der Waals surface area contributed by atoms with Gasteiger partial charge in [0.1, 0.15) is 12.9 Å². The molecule has 0 fully saturated rings. The minimum atomic E-state index is 0.556. The fraction of sp³-hybridized carbons (Fsp3) is 0.238. The zero-order valence-corrected chi connectivity index (χ0v) is 16.1. The van der Waals surface area contributed by atoms with Gasteiger partial charge in [0.2, 0.25) is 5.75 Å². The molecule has 3 aromatic rings. The van der Waals surface area contributed by atoms with E-state index in [1.165, 1.54) is 0 Å². The number of hydrogen-bond acceptors (Lipinski definition) is 5. The largest absolute Gasteiger partial charge is 0.497 e. The Balaban J connectivity index is 2.17. The summed E-state index contributed by atoms with van der Waals surface area (Å²) in [5.41, 5.74) is 3.94. The fourth-order valence-corrected chi connectivity index (χ4v) is 3.00. The Morgan fingerprint density at radius 3 is 1.63 bits per heavy atom. The van der Waals surface area contributed by atoms with Crippen LogP contribution in [0.1, 0.15) is 0 Å². The van der Waals surface area contributed by atoms with Crippen molar-refractivity contribution in [1.29, 1.82) is 0 Å². The van der Waals surface area contributed by atoms with Crippen LogP contribution in [-0.4, -0.2) is 40.3 Å². The maximum absolute atomic E-state index is 5.49.